The van der Waals surface area contributed by atoms with Crippen molar-refractivity contribution in [3.8, 4) is 0 Å². The molecule has 1 N–H and O–H groups in total. The molecule has 3 aromatic rings. The number of nitrogens with one attached hydrogen (secondary N) is 1. The van der Waals surface area contributed by atoms with Gasteiger partial charge in [0.25, 0.3) is 11.8 Å². The lowest BCUT2D eigenvalue weighted by Gasteiger charge is -2.42. The first-order valence-corrected chi connectivity index (χ1v) is 10.6. The van der Waals surface area contributed by atoms with E-state index in [1.54, 1.807) is 35.8 Å². The summed E-state index contributed by atoms with van der Waals surface area (Å²) in [4.78, 5) is 57.2. The molecule has 2 aliphatic rings. The molecule has 164 valence electrons. The van der Waals surface area contributed by atoms with E-state index >= 15 is 0 Å². The summed E-state index contributed by atoms with van der Waals surface area (Å²) in [6, 6.07) is 13.7. The first-order valence-electron chi connectivity index (χ1n) is 10.6. The van der Waals surface area contributed by atoms with Gasteiger partial charge in [0, 0.05) is 19.0 Å². The van der Waals surface area contributed by atoms with E-state index in [1.807, 2.05) is 24.3 Å². The summed E-state index contributed by atoms with van der Waals surface area (Å²) in [5.74, 6) is -0.895. The molecule has 0 spiro atoms. The molecule has 2 aliphatic heterocycles. The number of aromatic nitrogens is 2. The predicted octanol–water partition coefficient (Wildman–Crippen LogP) is 2.75. The Labute approximate surface area is 183 Å². The Morgan fingerprint density at radius 1 is 1.03 bits per heavy atom. The lowest BCUT2D eigenvalue weighted by Crippen LogP contribution is -2.57. The standard InChI is InChI=1S/C23H22N4O5/c1-2-32-23(31)25-12-11-14(26-18-10-6-5-9-17(18)24-22(26)30)13-19(25)27-20(28)15-7-3-4-8-16(15)21(27)29/h3-10,14,19H,2,11-13H2,1H3,(H,24,30). The summed E-state index contributed by atoms with van der Waals surface area (Å²) >= 11 is 0. The molecule has 0 bridgehead atoms. The van der Waals surface area contributed by atoms with Crippen LogP contribution in [0.3, 0.4) is 0 Å². The van der Waals surface area contributed by atoms with Crippen LogP contribution in [-0.2, 0) is 4.74 Å². The zero-order chi connectivity index (χ0) is 22.4. The first kappa shape index (κ1) is 20.0. The minimum atomic E-state index is -0.860. The number of H-pyrrole nitrogens is 1. The molecule has 2 aromatic carbocycles. The second kappa shape index (κ2) is 7.67. The monoisotopic (exact) mass is 434 g/mol. The number of imidazole rings is 1. The van der Waals surface area contributed by atoms with Gasteiger partial charge in [0.15, 0.2) is 0 Å². The van der Waals surface area contributed by atoms with Crippen molar-refractivity contribution in [3.05, 3.63) is 70.1 Å². The normalized spacial score (nSPS) is 20.7. The fraction of sp³-hybridized carbons (Fsp3) is 0.304. The Bertz CT molecular complexity index is 1260. The molecule has 1 saturated heterocycles. The Balaban J connectivity index is 1.55. The van der Waals surface area contributed by atoms with Gasteiger partial charge in [-0.05, 0) is 37.6 Å². The van der Waals surface area contributed by atoms with Crippen LogP contribution in [0.4, 0.5) is 4.79 Å². The topological polar surface area (TPSA) is 105 Å². The minimum Gasteiger partial charge on any atom is -0.450 e. The van der Waals surface area contributed by atoms with Crippen molar-refractivity contribution in [3.63, 3.8) is 0 Å². The molecule has 5 rings (SSSR count). The number of carbonyl (C=O) groups is 3. The van der Waals surface area contributed by atoms with E-state index in [0.29, 0.717) is 23.1 Å². The number of para-hydroxylation sites is 2. The second-order valence-electron chi connectivity index (χ2n) is 7.89. The Hall–Kier alpha value is -3.88. The van der Waals surface area contributed by atoms with Crippen LogP contribution in [0.1, 0.15) is 46.5 Å². The van der Waals surface area contributed by atoms with E-state index in [4.69, 9.17) is 4.74 Å². The van der Waals surface area contributed by atoms with Gasteiger partial charge in [-0.25, -0.2) is 9.59 Å². The van der Waals surface area contributed by atoms with Crippen LogP contribution in [0.2, 0.25) is 0 Å². The van der Waals surface area contributed by atoms with Gasteiger partial charge < -0.3 is 9.72 Å². The fourth-order valence-electron chi connectivity index (χ4n) is 4.74. The highest BCUT2D eigenvalue weighted by atomic mass is 16.6. The Kier molecular flexibility index (Phi) is 4.80. The molecule has 9 heteroatoms. The SMILES string of the molecule is CCOC(=O)N1CCC(n2c(=O)[nH]c3ccccc32)CC1N1C(=O)c2ccccc2C1=O. The number of ether oxygens (including phenoxy) is 1. The van der Waals surface area contributed by atoms with Gasteiger partial charge in [0.05, 0.1) is 28.8 Å². The molecule has 2 atom stereocenters. The average Bonchev–Trinajstić information content (AvgIpc) is 3.27. The smallest absolute Gasteiger partial charge is 0.411 e. The summed E-state index contributed by atoms with van der Waals surface area (Å²) in [5, 5.41) is 0. The van der Waals surface area contributed by atoms with Crippen LogP contribution in [0.5, 0.6) is 0 Å². The number of nitrogens with zero attached hydrogens (tertiary/aromatic N) is 3. The predicted molar refractivity (Wildman–Crippen MR) is 115 cm³/mol. The maximum absolute atomic E-state index is 13.2. The average molecular weight is 434 g/mol. The minimum absolute atomic E-state index is 0.176. The third kappa shape index (κ3) is 3.00. The molecule has 3 heterocycles. The molecular weight excluding hydrogens is 412 g/mol. The number of fused-ring (bicyclic) bond motifs is 2. The van der Waals surface area contributed by atoms with E-state index in [-0.39, 0.29) is 31.3 Å². The Morgan fingerprint density at radius 2 is 1.69 bits per heavy atom. The molecule has 3 amide bonds. The van der Waals surface area contributed by atoms with Crippen LogP contribution in [0.25, 0.3) is 11.0 Å². The van der Waals surface area contributed by atoms with Crippen molar-refractivity contribution in [2.24, 2.45) is 0 Å². The summed E-state index contributed by atoms with van der Waals surface area (Å²) < 4.78 is 6.86. The van der Waals surface area contributed by atoms with Crippen LogP contribution in [0, 0.1) is 0 Å². The fourth-order valence-corrected chi connectivity index (χ4v) is 4.74. The van der Waals surface area contributed by atoms with E-state index in [1.165, 1.54) is 4.90 Å². The summed E-state index contributed by atoms with van der Waals surface area (Å²) in [6.07, 6.45) is -0.730. The number of carbonyl (C=O) groups excluding carboxylic acids is 3. The van der Waals surface area contributed by atoms with E-state index in [2.05, 4.69) is 4.98 Å². The highest BCUT2D eigenvalue weighted by Crippen LogP contribution is 2.35. The molecule has 0 aliphatic carbocycles. The molecule has 1 fully saturated rings. The Morgan fingerprint density at radius 3 is 2.38 bits per heavy atom. The number of imide groups is 1. The molecule has 0 saturated carbocycles. The molecule has 9 nitrogen and oxygen atoms in total. The van der Waals surface area contributed by atoms with E-state index in [0.717, 1.165) is 10.4 Å². The zero-order valence-corrected chi connectivity index (χ0v) is 17.5. The first-order chi connectivity index (χ1) is 15.5. The van der Waals surface area contributed by atoms with Gasteiger partial charge in [0.2, 0.25) is 0 Å². The van der Waals surface area contributed by atoms with Crippen molar-refractivity contribution in [2.75, 3.05) is 13.2 Å². The number of hydrogen-bond acceptors (Lipinski definition) is 5. The van der Waals surface area contributed by atoms with Crippen LogP contribution >= 0.6 is 0 Å². The van der Waals surface area contributed by atoms with Crippen molar-refractivity contribution in [2.45, 2.75) is 32.0 Å². The molecule has 0 radical (unpaired) electrons. The van der Waals surface area contributed by atoms with Gasteiger partial charge in [-0.1, -0.05) is 24.3 Å². The molecular formula is C23H22N4O5. The number of rotatable bonds is 3. The third-order valence-electron chi connectivity index (χ3n) is 6.16. The van der Waals surface area contributed by atoms with Gasteiger partial charge in [-0.2, -0.15) is 0 Å². The van der Waals surface area contributed by atoms with Crippen molar-refractivity contribution >= 4 is 28.9 Å². The number of aromatic amines is 1. The van der Waals surface area contributed by atoms with Gasteiger partial charge >= 0.3 is 11.8 Å². The number of hydrogen-bond donors (Lipinski definition) is 1. The van der Waals surface area contributed by atoms with Crippen molar-refractivity contribution in [1.29, 1.82) is 0 Å². The van der Waals surface area contributed by atoms with Gasteiger partial charge in [-0.3, -0.25) is 24.0 Å². The third-order valence-corrected chi connectivity index (χ3v) is 6.16. The van der Waals surface area contributed by atoms with Gasteiger partial charge in [0.1, 0.15) is 6.17 Å². The number of likely N-dealkylation sites (tertiary alicyclic amines) is 1. The summed E-state index contributed by atoms with van der Waals surface area (Å²) in [5.41, 5.74) is 1.82. The summed E-state index contributed by atoms with van der Waals surface area (Å²) in [6.45, 7) is 2.12. The van der Waals surface area contributed by atoms with Crippen LogP contribution in [-0.4, -0.2) is 56.6 Å². The number of piperidine rings is 1. The van der Waals surface area contributed by atoms with Crippen LogP contribution in [0.15, 0.2) is 53.3 Å². The highest BCUT2D eigenvalue weighted by Gasteiger charge is 2.46. The molecule has 32 heavy (non-hydrogen) atoms. The highest BCUT2D eigenvalue weighted by molar-refractivity contribution is 6.21. The maximum atomic E-state index is 13.2. The summed E-state index contributed by atoms with van der Waals surface area (Å²) in [7, 11) is 0. The lowest BCUT2D eigenvalue weighted by molar-refractivity contribution is 0.00598. The second-order valence-corrected chi connectivity index (χ2v) is 7.89. The maximum Gasteiger partial charge on any atom is 0.411 e. The van der Waals surface area contributed by atoms with Gasteiger partial charge in [-0.15, -0.1) is 0 Å². The van der Waals surface area contributed by atoms with E-state index < -0.39 is 24.1 Å². The van der Waals surface area contributed by atoms with Crippen LogP contribution < -0.4 is 5.69 Å². The zero-order valence-electron chi connectivity index (χ0n) is 17.5. The van der Waals surface area contributed by atoms with Crippen molar-refractivity contribution in [1.82, 2.24) is 19.4 Å². The van der Waals surface area contributed by atoms with E-state index in [9.17, 15) is 19.2 Å². The lowest BCUT2D eigenvalue weighted by atomic mass is 10.0. The number of benzene rings is 2. The number of amides is 3. The quantitative estimate of drug-likeness (QED) is 0.639. The van der Waals surface area contributed by atoms with Crippen molar-refractivity contribution < 1.29 is 19.1 Å². The largest absolute Gasteiger partial charge is 0.450 e. The molecule has 2 unspecified atom stereocenters. The molecule has 1 aromatic heterocycles.